The van der Waals surface area contributed by atoms with Crippen molar-refractivity contribution in [2.45, 2.75) is 18.5 Å². The number of rotatable bonds is 4. The predicted molar refractivity (Wildman–Crippen MR) is 44.9 cm³/mol. The number of nitrogens with two attached hydrogens (primary N) is 1. The van der Waals surface area contributed by atoms with E-state index in [2.05, 4.69) is 0 Å². The Morgan fingerprint density at radius 1 is 1.64 bits per heavy atom. The van der Waals surface area contributed by atoms with Gasteiger partial charge in [-0.15, -0.1) is 0 Å². The van der Waals surface area contributed by atoms with Crippen molar-refractivity contribution in [1.82, 2.24) is 0 Å². The summed E-state index contributed by atoms with van der Waals surface area (Å²) in [4.78, 5) is 10.4. The molecular formula is C7H13NO5S. The monoisotopic (exact) mass is 223 g/mol. The molecule has 7 heteroatoms. The van der Waals surface area contributed by atoms with Crippen LogP contribution in [-0.2, 0) is 14.6 Å². The first-order chi connectivity index (χ1) is 6.44. The minimum Gasteiger partial charge on any atom is -0.544 e. The maximum atomic E-state index is 11.0. The van der Waals surface area contributed by atoms with Gasteiger partial charge in [0.25, 0.3) is 0 Å². The van der Waals surface area contributed by atoms with Gasteiger partial charge in [-0.25, -0.2) is 8.42 Å². The lowest BCUT2D eigenvalue weighted by Gasteiger charge is -2.17. The number of quaternary nitrogens is 1. The van der Waals surface area contributed by atoms with Gasteiger partial charge in [0, 0.05) is 6.42 Å². The number of hydrogen-bond donors (Lipinski definition) is 2. The van der Waals surface area contributed by atoms with Gasteiger partial charge in [-0.05, 0) is 0 Å². The van der Waals surface area contributed by atoms with Crippen LogP contribution in [0.3, 0.4) is 0 Å². The zero-order valence-electron chi connectivity index (χ0n) is 7.55. The van der Waals surface area contributed by atoms with Gasteiger partial charge in [-0.1, -0.05) is 0 Å². The molecule has 0 aliphatic carbocycles. The van der Waals surface area contributed by atoms with Crippen LogP contribution in [0.1, 0.15) is 6.42 Å². The molecule has 1 aliphatic rings. The Morgan fingerprint density at radius 2 is 2.29 bits per heavy atom. The van der Waals surface area contributed by atoms with E-state index < -0.39 is 28.5 Å². The third-order valence-electron chi connectivity index (χ3n) is 2.27. The molecule has 0 amide bonds. The van der Waals surface area contributed by atoms with Crippen molar-refractivity contribution in [2.75, 3.05) is 18.1 Å². The summed E-state index contributed by atoms with van der Waals surface area (Å²) in [5.74, 6) is -1.28. The molecule has 14 heavy (non-hydrogen) atoms. The molecule has 0 radical (unpaired) electrons. The summed E-state index contributed by atoms with van der Waals surface area (Å²) in [6.07, 6.45) is 0.437. The number of aliphatic carboxylic acids is 1. The van der Waals surface area contributed by atoms with Crippen molar-refractivity contribution >= 4 is 15.8 Å². The number of hydrogen-bond acceptors (Lipinski definition) is 5. The minimum absolute atomic E-state index is 0.0171. The number of carbonyl (C=O) groups excluding carboxylic acids is 1. The van der Waals surface area contributed by atoms with E-state index in [0.717, 1.165) is 0 Å². The van der Waals surface area contributed by atoms with Crippen molar-refractivity contribution in [3.8, 4) is 0 Å². The van der Waals surface area contributed by atoms with E-state index in [4.69, 9.17) is 5.11 Å². The maximum absolute atomic E-state index is 11.0. The zero-order chi connectivity index (χ0) is 10.8. The van der Waals surface area contributed by atoms with Gasteiger partial charge in [-0.3, -0.25) is 0 Å². The highest BCUT2D eigenvalue weighted by Gasteiger charge is 2.32. The molecule has 1 aliphatic heterocycles. The number of aliphatic hydroxyl groups is 1. The first kappa shape index (κ1) is 11.4. The van der Waals surface area contributed by atoms with Crippen LogP contribution in [-0.4, -0.2) is 49.7 Å². The van der Waals surface area contributed by atoms with Crippen LogP contribution in [0.2, 0.25) is 0 Å². The molecule has 0 aromatic rings. The second-order valence-electron chi connectivity index (χ2n) is 3.46. The molecule has 1 fully saturated rings. The third-order valence-corrected chi connectivity index (χ3v) is 4.07. The largest absolute Gasteiger partial charge is 0.544 e. The SMILES string of the molecule is O=C([O-])[C@H](CO)[NH2+][C@@H]1CCS(=O)(=O)C1. The van der Waals surface area contributed by atoms with Gasteiger partial charge in [0.1, 0.15) is 30.4 Å². The van der Waals surface area contributed by atoms with Crippen LogP contribution >= 0.6 is 0 Å². The normalized spacial score (nSPS) is 27.4. The molecule has 0 unspecified atom stereocenters. The molecule has 1 saturated heterocycles. The second kappa shape index (κ2) is 4.24. The summed E-state index contributed by atoms with van der Waals surface area (Å²) in [5, 5.41) is 20.5. The molecule has 0 spiro atoms. The molecule has 0 aromatic carbocycles. The smallest absolute Gasteiger partial charge is 0.156 e. The number of carboxylic acid groups (broad SMARTS) is 1. The lowest BCUT2D eigenvalue weighted by atomic mass is 10.2. The summed E-state index contributed by atoms with van der Waals surface area (Å²) >= 11 is 0. The maximum Gasteiger partial charge on any atom is 0.156 e. The van der Waals surface area contributed by atoms with Gasteiger partial charge < -0.3 is 20.3 Å². The number of carbonyl (C=O) groups is 1. The molecule has 82 valence electrons. The predicted octanol–water partition coefficient (Wildman–Crippen LogP) is -4.15. The summed E-state index contributed by atoms with van der Waals surface area (Å²) in [6, 6.07) is -1.33. The van der Waals surface area contributed by atoms with Crippen LogP contribution in [0, 0.1) is 0 Å². The molecule has 0 aromatic heterocycles. The molecule has 1 heterocycles. The number of sulfone groups is 1. The molecule has 3 N–H and O–H groups in total. The molecule has 0 saturated carbocycles. The fraction of sp³-hybridized carbons (Fsp3) is 0.857. The van der Waals surface area contributed by atoms with Crippen molar-refractivity contribution in [2.24, 2.45) is 0 Å². The summed E-state index contributed by atoms with van der Waals surface area (Å²) < 4.78 is 22.1. The van der Waals surface area contributed by atoms with Crippen LogP contribution in [0.15, 0.2) is 0 Å². The van der Waals surface area contributed by atoms with Crippen molar-refractivity contribution in [1.29, 1.82) is 0 Å². The first-order valence-electron chi connectivity index (χ1n) is 4.32. The Hall–Kier alpha value is -0.660. The lowest BCUT2D eigenvalue weighted by Crippen LogP contribution is -2.98. The highest BCUT2D eigenvalue weighted by molar-refractivity contribution is 7.91. The Bertz CT molecular complexity index is 312. The summed E-state index contributed by atoms with van der Waals surface area (Å²) in [7, 11) is -3.00. The van der Waals surface area contributed by atoms with Gasteiger partial charge in [0.2, 0.25) is 0 Å². The highest BCUT2D eigenvalue weighted by Crippen LogP contribution is 2.07. The van der Waals surface area contributed by atoms with Crippen LogP contribution in [0.5, 0.6) is 0 Å². The van der Waals surface area contributed by atoms with Gasteiger partial charge in [0.05, 0.1) is 5.75 Å². The van der Waals surface area contributed by atoms with E-state index in [9.17, 15) is 18.3 Å². The fourth-order valence-electron chi connectivity index (χ4n) is 1.52. The topological polar surface area (TPSA) is 111 Å². The molecule has 1 rings (SSSR count). The van der Waals surface area contributed by atoms with Crippen LogP contribution < -0.4 is 10.4 Å². The highest BCUT2D eigenvalue weighted by atomic mass is 32.2. The first-order valence-corrected chi connectivity index (χ1v) is 6.14. The Morgan fingerprint density at radius 3 is 2.64 bits per heavy atom. The standard InChI is InChI=1S/C7H13NO5S/c9-3-6(7(10)11)8-5-1-2-14(12,13)4-5/h5-6,8-9H,1-4H2,(H,10,11)/t5-,6+/m1/s1. The van der Waals surface area contributed by atoms with Gasteiger partial charge >= 0.3 is 0 Å². The fourth-order valence-corrected chi connectivity index (χ4v) is 3.28. The van der Waals surface area contributed by atoms with Gasteiger partial charge in [-0.2, -0.15) is 0 Å². The number of carboxylic acids is 1. The molecule has 0 bridgehead atoms. The Labute approximate surface area is 81.8 Å². The summed E-state index contributed by atoms with van der Waals surface area (Å²) in [6.45, 7) is -0.543. The molecule has 6 nitrogen and oxygen atoms in total. The number of aliphatic hydroxyl groups excluding tert-OH is 1. The van der Waals surface area contributed by atoms with E-state index >= 15 is 0 Å². The van der Waals surface area contributed by atoms with Crippen LogP contribution in [0.4, 0.5) is 0 Å². The van der Waals surface area contributed by atoms with Crippen molar-refractivity contribution in [3.05, 3.63) is 0 Å². The van der Waals surface area contributed by atoms with Crippen LogP contribution in [0.25, 0.3) is 0 Å². The average Bonchev–Trinajstić information content (AvgIpc) is 2.41. The van der Waals surface area contributed by atoms with E-state index in [1.165, 1.54) is 5.32 Å². The summed E-state index contributed by atoms with van der Waals surface area (Å²) in [5.41, 5.74) is 0. The third kappa shape index (κ3) is 2.93. The second-order valence-corrected chi connectivity index (χ2v) is 5.69. The molecular weight excluding hydrogens is 210 g/mol. The van der Waals surface area contributed by atoms with E-state index in [1.54, 1.807) is 0 Å². The Kier molecular flexibility index (Phi) is 3.46. The van der Waals surface area contributed by atoms with E-state index in [1.807, 2.05) is 0 Å². The van der Waals surface area contributed by atoms with Crippen molar-refractivity contribution in [3.63, 3.8) is 0 Å². The quantitative estimate of drug-likeness (QED) is 0.502. The lowest BCUT2D eigenvalue weighted by molar-refractivity contribution is -0.712. The van der Waals surface area contributed by atoms with E-state index in [0.29, 0.717) is 6.42 Å². The zero-order valence-corrected chi connectivity index (χ0v) is 8.37. The Balaban J connectivity index is 2.50. The van der Waals surface area contributed by atoms with Gasteiger partial charge in [0.15, 0.2) is 9.84 Å². The van der Waals surface area contributed by atoms with Crippen molar-refractivity contribution < 1.29 is 28.7 Å². The minimum atomic E-state index is -3.00. The average molecular weight is 223 g/mol. The molecule has 2 atom stereocenters. The van der Waals surface area contributed by atoms with E-state index in [-0.39, 0.29) is 17.5 Å².